The largest absolute Gasteiger partial charge is 0.469 e. The number of aliphatic hydroxyl groups is 1. The van der Waals surface area contributed by atoms with Gasteiger partial charge in [-0.05, 0) is 12.1 Å². The first-order valence-corrected chi connectivity index (χ1v) is 4.04. The van der Waals surface area contributed by atoms with Crippen molar-refractivity contribution in [2.75, 3.05) is 14.2 Å². The first kappa shape index (κ1) is 10.2. The van der Waals surface area contributed by atoms with E-state index in [9.17, 15) is 5.11 Å². The van der Waals surface area contributed by atoms with Gasteiger partial charge in [-0.25, -0.2) is 0 Å². The lowest BCUT2D eigenvalue weighted by atomic mass is 10.2. The van der Waals surface area contributed by atoms with Crippen LogP contribution in [0.25, 0.3) is 0 Å². The van der Waals surface area contributed by atoms with E-state index in [0.717, 1.165) is 0 Å². The molecule has 0 radical (unpaired) electrons. The molecule has 0 spiro atoms. The summed E-state index contributed by atoms with van der Waals surface area (Å²) in [6, 6.07) is 3.57. The summed E-state index contributed by atoms with van der Waals surface area (Å²) < 4.78 is 14.9. The highest BCUT2D eigenvalue weighted by atomic mass is 16.7. The van der Waals surface area contributed by atoms with E-state index >= 15 is 0 Å². The maximum atomic E-state index is 9.57. The van der Waals surface area contributed by atoms with Crippen LogP contribution in [-0.2, 0) is 15.9 Å². The normalized spacial score (nSPS) is 13.5. The summed E-state index contributed by atoms with van der Waals surface area (Å²) in [5, 5.41) is 9.57. The maximum Gasteiger partial charge on any atom is 0.183 e. The fraction of sp³-hybridized carbons (Fsp3) is 0.556. The first-order chi connectivity index (χ1) is 6.27. The molecule has 74 valence electrons. The molecule has 1 atom stereocenters. The average Bonchev–Trinajstić information content (AvgIpc) is 2.59. The Balaban J connectivity index is 2.44. The lowest BCUT2D eigenvalue weighted by Crippen LogP contribution is -2.31. The van der Waals surface area contributed by atoms with Gasteiger partial charge in [0.15, 0.2) is 6.29 Å². The Bertz CT molecular complexity index is 216. The molecule has 0 aliphatic carbocycles. The molecular formula is C9H14O4. The molecule has 1 rings (SSSR count). The van der Waals surface area contributed by atoms with Gasteiger partial charge in [0.2, 0.25) is 0 Å². The highest BCUT2D eigenvalue weighted by molar-refractivity contribution is 4.99. The number of ether oxygens (including phenoxy) is 2. The predicted octanol–water partition coefficient (Wildman–Crippen LogP) is 0.802. The van der Waals surface area contributed by atoms with Gasteiger partial charge in [-0.3, -0.25) is 0 Å². The second-order valence-corrected chi connectivity index (χ2v) is 2.69. The highest BCUT2D eigenvalue weighted by Gasteiger charge is 2.19. The second kappa shape index (κ2) is 5.01. The van der Waals surface area contributed by atoms with Crippen molar-refractivity contribution in [3.05, 3.63) is 24.2 Å². The maximum absolute atomic E-state index is 9.57. The third-order valence-electron chi connectivity index (χ3n) is 1.77. The molecule has 4 nitrogen and oxygen atoms in total. The van der Waals surface area contributed by atoms with Gasteiger partial charge in [-0.2, -0.15) is 0 Å². The number of rotatable bonds is 5. The average molecular weight is 186 g/mol. The Morgan fingerprint density at radius 2 is 2.15 bits per heavy atom. The molecule has 0 aromatic carbocycles. The zero-order valence-corrected chi connectivity index (χ0v) is 7.77. The van der Waals surface area contributed by atoms with Crippen LogP contribution in [0.4, 0.5) is 0 Å². The summed E-state index contributed by atoms with van der Waals surface area (Å²) in [5.41, 5.74) is 0. The van der Waals surface area contributed by atoms with Crippen LogP contribution >= 0.6 is 0 Å². The minimum atomic E-state index is -0.707. The molecule has 1 aromatic rings. The predicted molar refractivity (Wildman–Crippen MR) is 46.2 cm³/mol. The highest BCUT2D eigenvalue weighted by Crippen LogP contribution is 2.08. The number of furan rings is 1. The summed E-state index contributed by atoms with van der Waals surface area (Å²) in [6.07, 6.45) is 0.641. The van der Waals surface area contributed by atoms with Crippen molar-refractivity contribution in [2.24, 2.45) is 0 Å². The number of hydrogen-bond acceptors (Lipinski definition) is 4. The standard InChI is InChI=1S/C9H14O4/c1-11-9(12-2)8(10)6-7-4-3-5-13-7/h3-5,8-10H,6H2,1-2H3. The summed E-state index contributed by atoms with van der Waals surface area (Å²) in [4.78, 5) is 0. The molecule has 4 heteroatoms. The quantitative estimate of drug-likeness (QED) is 0.691. The molecule has 1 heterocycles. The van der Waals surface area contributed by atoms with Crippen LogP contribution in [0.3, 0.4) is 0 Å². The third-order valence-corrected chi connectivity index (χ3v) is 1.77. The van der Waals surface area contributed by atoms with Crippen molar-refractivity contribution in [1.82, 2.24) is 0 Å². The smallest absolute Gasteiger partial charge is 0.183 e. The number of aliphatic hydroxyl groups excluding tert-OH is 1. The zero-order valence-electron chi connectivity index (χ0n) is 7.77. The van der Waals surface area contributed by atoms with Crippen molar-refractivity contribution in [3.8, 4) is 0 Å². The Hall–Kier alpha value is -0.840. The summed E-state index contributed by atoms with van der Waals surface area (Å²) in [6.45, 7) is 0. The van der Waals surface area contributed by atoms with E-state index in [-0.39, 0.29) is 0 Å². The summed E-state index contributed by atoms with van der Waals surface area (Å²) >= 11 is 0. The van der Waals surface area contributed by atoms with Gasteiger partial charge >= 0.3 is 0 Å². The van der Waals surface area contributed by atoms with Gasteiger partial charge in [0.05, 0.1) is 6.26 Å². The zero-order chi connectivity index (χ0) is 9.68. The second-order valence-electron chi connectivity index (χ2n) is 2.69. The van der Waals surface area contributed by atoms with Gasteiger partial charge in [0.25, 0.3) is 0 Å². The monoisotopic (exact) mass is 186 g/mol. The number of hydrogen-bond donors (Lipinski definition) is 1. The molecule has 0 saturated heterocycles. The van der Waals surface area contributed by atoms with E-state index in [2.05, 4.69) is 0 Å². The molecule has 0 saturated carbocycles. The molecule has 13 heavy (non-hydrogen) atoms. The summed E-state index contributed by atoms with van der Waals surface area (Å²) in [5.74, 6) is 0.714. The minimum Gasteiger partial charge on any atom is -0.469 e. The van der Waals surface area contributed by atoms with Crippen molar-refractivity contribution in [3.63, 3.8) is 0 Å². The Labute approximate surface area is 77.1 Å². The van der Waals surface area contributed by atoms with E-state index in [4.69, 9.17) is 13.9 Å². The first-order valence-electron chi connectivity index (χ1n) is 4.04. The fourth-order valence-electron chi connectivity index (χ4n) is 1.14. The van der Waals surface area contributed by atoms with Gasteiger partial charge in [-0.15, -0.1) is 0 Å². The van der Waals surface area contributed by atoms with E-state index in [1.54, 1.807) is 18.4 Å². The molecular weight excluding hydrogens is 172 g/mol. The SMILES string of the molecule is COC(OC)C(O)Cc1ccco1. The van der Waals surface area contributed by atoms with E-state index in [1.165, 1.54) is 14.2 Å². The van der Waals surface area contributed by atoms with Gasteiger partial charge in [0.1, 0.15) is 11.9 Å². The van der Waals surface area contributed by atoms with E-state index in [1.807, 2.05) is 0 Å². The number of methoxy groups -OCH3 is 2. The van der Waals surface area contributed by atoms with Crippen LogP contribution < -0.4 is 0 Å². The molecule has 0 amide bonds. The van der Waals surface area contributed by atoms with Crippen LogP contribution in [0.1, 0.15) is 5.76 Å². The Morgan fingerprint density at radius 1 is 1.46 bits per heavy atom. The molecule has 1 unspecified atom stereocenters. The van der Waals surface area contributed by atoms with Crippen LogP contribution in [-0.4, -0.2) is 31.7 Å². The van der Waals surface area contributed by atoms with Crippen LogP contribution in [0.15, 0.2) is 22.8 Å². The topological polar surface area (TPSA) is 51.8 Å². The fourth-order valence-corrected chi connectivity index (χ4v) is 1.14. The van der Waals surface area contributed by atoms with Gasteiger partial charge in [0, 0.05) is 20.6 Å². The molecule has 1 N–H and O–H groups in total. The molecule has 0 fully saturated rings. The Morgan fingerprint density at radius 3 is 2.62 bits per heavy atom. The van der Waals surface area contributed by atoms with E-state index in [0.29, 0.717) is 12.2 Å². The van der Waals surface area contributed by atoms with Gasteiger partial charge in [-0.1, -0.05) is 0 Å². The lowest BCUT2D eigenvalue weighted by Gasteiger charge is -2.18. The molecule has 1 aromatic heterocycles. The van der Waals surface area contributed by atoms with Crippen molar-refractivity contribution < 1.29 is 19.0 Å². The molecule has 0 aliphatic rings. The summed E-state index contributed by atoms with van der Waals surface area (Å²) in [7, 11) is 2.97. The van der Waals surface area contributed by atoms with Crippen molar-refractivity contribution >= 4 is 0 Å². The molecule has 0 bridgehead atoms. The third kappa shape index (κ3) is 2.84. The minimum absolute atomic E-state index is 0.388. The van der Waals surface area contributed by atoms with E-state index < -0.39 is 12.4 Å². The lowest BCUT2D eigenvalue weighted by molar-refractivity contribution is -0.164. The van der Waals surface area contributed by atoms with Crippen LogP contribution in [0.2, 0.25) is 0 Å². The van der Waals surface area contributed by atoms with Crippen LogP contribution in [0, 0.1) is 0 Å². The van der Waals surface area contributed by atoms with Crippen molar-refractivity contribution in [1.29, 1.82) is 0 Å². The van der Waals surface area contributed by atoms with Crippen LogP contribution in [0.5, 0.6) is 0 Å². The van der Waals surface area contributed by atoms with Gasteiger partial charge < -0.3 is 19.0 Å². The van der Waals surface area contributed by atoms with Crippen molar-refractivity contribution in [2.45, 2.75) is 18.8 Å². The Kier molecular flexibility index (Phi) is 3.95. The molecule has 0 aliphatic heterocycles.